The molecule has 1 heterocycles. The number of thiophene rings is 1. The van der Waals surface area contributed by atoms with Gasteiger partial charge in [-0.05, 0) is 62.3 Å². The highest BCUT2D eigenvalue weighted by Gasteiger charge is 2.26. The van der Waals surface area contributed by atoms with E-state index in [0.29, 0.717) is 22.7 Å². The van der Waals surface area contributed by atoms with Gasteiger partial charge < -0.3 is 10.6 Å². The normalized spacial score (nSPS) is 12.8. The van der Waals surface area contributed by atoms with Gasteiger partial charge in [0.1, 0.15) is 5.00 Å². The van der Waals surface area contributed by atoms with Crippen molar-refractivity contribution in [2.24, 2.45) is 0 Å². The van der Waals surface area contributed by atoms with Crippen molar-refractivity contribution in [3.05, 3.63) is 87.3 Å². The van der Waals surface area contributed by atoms with Crippen molar-refractivity contribution in [3.8, 4) is 0 Å². The highest BCUT2D eigenvalue weighted by Crippen LogP contribution is 2.38. The zero-order valence-electron chi connectivity index (χ0n) is 17.2. The predicted octanol–water partition coefficient (Wildman–Crippen LogP) is 5.16. The minimum absolute atomic E-state index is 0.0930. The minimum Gasteiger partial charge on any atom is -0.352 e. The summed E-state index contributed by atoms with van der Waals surface area (Å²) in [4.78, 5) is 27.1. The first-order chi connectivity index (χ1) is 14.6. The fraction of sp³-hybridized carbons (Fsp3) is 0.280. The van der Waals surface area contributed by atoms with Gasteiger partial charge in [-0.15, -0.1) is 11.3 Å². The first-order valence-electron chi connectivity index (χ1n) is 10.5. The van der Waals surface area contributed by atoms with Gasteiger partial charge in [0, 0.05) is 17.0 Å². The Balaban J connectivity index is 1.52. The number of fused-ring (bicyclic) bond motifs is 1. The van der Waals surface area contributed by atoms with E-state index in [2.05, 4.69) is 22.8 Å². The number of aryl methyl sites for hydroxylation is 2. The lowest BCUT2D eigenvalue weighted by Crippen LogP contribution is -2.27. The third-order valence-electron chi connectivity index (χ3n) is 5.48. The lowest BCUT2D eigenvalue weighted by molar-refractivity contribution is 0.0954. The molecule has 0 saturated heterocycles. The molecule has 1 aliphatic rings. The molecular formula is C25H26N2O2S. The van der Waals surface area contributed by atoms with Gasteiger partial charge in [0.25, 0.3) is 11.8 Å². The van der Waals surface area contributed by atoms with Gasteiger partial charge in [0.05, 0.1) is 5.56 Å². The number of nitrogens with one attached hydrogen (secondary N) is 2. The fourth-order valence-corrected chi connectivity index (χ4v) is 5.11. The number of carbonyl (C=O) groups excluding carboxylic acids is 2. The third kappa shape index (κ3) is 4.62. The molecule has 2 N–H and O–H groups in total. The summed E-state index contributed by atoms with van der Waals surface area (Å²) in [6, 6.07) is 17.6. The van der Waals surface area contributed by atoms with E-state index in [1.165, 1.54) is 10.4 Å². The maximum atomic E-state index is 13.1. The summed E-state index contributed by atoms with van der Waals surface area (Å²) in [5.74, 6) is -0.267. The van der Waals surface area contributed by atoms with Gasteiger partial charge >= 0.3 is 0 Å². The first kappa shape index (κ1) is 20.4. The van der Waals surface area contributed by atoms with Crippen LogP contribution in [0, 0.1) is 6.92 Å². The summed E-state index contributed by atoms with van der Waals surface area (Å²) in [5.41, 5.74) is 4.67. The Morgan fingerprint density at radius 1 is 0.933 bits per heavy atom. The Bertz CT molecular complexity index is 1040. The highest BCUT2D eigenvalue weighted by atomic mass is 32.1. The molecule has 3 aromatic rings. The molecule has 0 unspecified atom stereocenters. The molecule has 0 atom stereocenters. The Labute approximate surface area is 181 Å². The number of amides is 2. The van der Waals surface area contributed by atoms with Gasteiger partial charge in [-0.1, -0.05) is 48.0 Å². The summed E-state index contributed by atoms with van der Waals surface area (Å²) in [6.07, 6.45) is 4.87. The van der Waals surface area contributed by atoms with Crippen LogP contribution < -0.4 is 10.6 Å². The second-order valence-corrected chi connectivity index (χ2v) is 8.83. The van der Waals surface area contributed by atoms with Gasteiger partial charge in [0.15, 0.2) is 0 Å². The molecule has 0 bridgehead atoms. The average Bonchev–Trinajstić information content (AvgIpc) is 3.12. The predicted molar refractivity (Wildman–Crippen MR) is 123 cm³/mol. The number of benzene rings is 2. The number of carbonyl (C=O) groups is 2. The molecule has 0 fully saturated rings. The van der Waals surface area contributed by atoms with Crippen LogP contribution in [0.1, 0.15) is 55.1 Å². The van der Waals surface area contributed by atoms with E-state index < -0.39 is 0 Å². The molecule has 0 spiro atoms. The van der Waals surface area contributed by atoms with Gasteiger partial charge in [-0.25, -0.2) is 0 Å². The Morgan fingerprint density at radius 2 is 1.67 bits per heavy atom. The standard InChI is InChI=1S/C25H26N2O2S/c1-17-11-13-19(14-12-17)23(28)27-25-22(20-9-5-6-10-21(20)30-25)24(29)26-16-15-18-7-3-2-4-8-18/h2-4,7-8,11-14H,5-6,9-10,15-16H2,1H3,(H,26,29)(H,27,28). The van der Waals surface area contributed by atoms with Crippen molar-refractivity contribution in [2.75, 3.05) is 11.9 Å². The molecule has 30 heavy (non-hydrogen) atoms. The molecule has 0 saturated carbocycles. The number of hydrogen-bond donors (Lipinski definition) is 2. The van der Waals surface area contributed by atoms with Crippen molar-refractivity contribution in [1.29, 1.82) is 0 Å². The summed E-state index contributed by atoms with van der Waals surface area (Å²) in [7, 11) is 0. The molecule has 2 amide bonds. The van der Waals surface area contributed by atoms with Crippen molar-refractivity contribution in [1.82, 2.24) is 5.32 Å². The number of anilines is 1. The van der Waals surface area contributed by atoms with Crippen molar-refractivity contribution < 1.29 is 9.59 Å². The summed E-state index contributed by atoms with van der Waals surface area (Å²) >= 11 is 1.55. The summed E-state index contributed by atoms with van der Waals surface area (Å²) in [5, 5.41) is 6.74. The lowest BCUT2D eigenvalue weighted by Gasteiger charge is -2.13. The molecule has 0 radical (unpaired) electrons. The SMILES string of the molecule is Cc1ccc(C(=O)Nc2sc3c(c2C(=O)NCCc2ccccc2)CCCC3)cc1. The topological polar surface area (TPSA) is 58.2 Å². The number of rotatable bonds is 6. The van der Waals surface area contributed by atoms with Gasteiger partial charge in [-0.3, -0.25) is 9.59 Å². The molecular weight excluding hydrogens is 392 g/mol. The van der Waals surface area contributed by atoms with Crippen LogP contribution in [0.5, 0.6) is 0 Å². The number of hydrogen-bond acceptors (Lipinski definition) is 3. The summed E-state index contributed by atoms with van der Waals surface area (Å²) in [6.45, 7) is 2.56. The van der Waals surface area contributed by atoms with E-state index in [0.717, 1.165) is 43.2 Å². The van der Waals surface area contributed by atoms with Crippen LogP contribution in [0.2, 0.25) is 0 Å². The Morgan fingerprint density at radius 3 is 2.43 bits per heavy atom. The van der Waals surface area contributed by atoms with Crippen LogP contribution in [0.4, 0.5) is 5.00 Å². The first-order valence-corrected chi connectivity index (χ1v) is 11.3. The third-order valence-corrected chi connectivity index (χ3v) is 6.69. The highest BCUT2D eigenvalue weighted by molar-refractivity contribution is 7.17. The molecule has 0 aliphatic heterocycles. The molecule has 4 nitrogen and oxygen atoms in total. The monoisotopic (exact) mass is 418 g/mol. The quantitative estimate of drug-likeness (QED) is 0.581. The fourth-order valence-electron chi connectivity index (χ4n) is 3.83. The van der Waals surface area contributed by atoms with Crippen LogP contribution in [-0.4, -0.2) is 18.4 Å². The lowest BCUT2D eigenvalue weighted by atomic mass is 9.95. The average molecular weight is 419 g/mol. The second-order valence-electron chi connectivity index (χ2n) is 7.73. The zero-order chi connectivity index (χ0) is 20.9. The van der Waals surface area contributed by atoms with Crippen LogP contribution in [0.15, 0.2) is 54.6 Å². The van der Waals surface area contributed by atoms with Crippen LogP contribution >= 0.6 is 11.3 Å². The Kier molecular flexibility index (Phi) is 6.29. The summed E-state index contributed by atoms with van der Waals surface area (Å²) < 4.78 is 0. The van der Waals surface area contributed by atoms with Crippen LogP contribution in [0.25, 0.3) is 0 Å². The molecule has 4 rings (SSSR count). The van der Waals surface area contributed by atoms with E-state index in [9.17, 15) is 9.59 Å². The van der Waals surface area contributed by atoms with E-state index in [1.807, 2.05) is 49.4 Å². The van der Waals surface area contributed by atoms with Crippen molar-refractivity contribution >= 4 is 28.2 Å². The van der Waals surface area contributed by atoms with Crippen molar-refractivity contribution in [2.45, 2.75) is 39.0 Å². The van der Waals surface area contributed by atoms with Gasteiger partial charge in [-0.2, -0.15) is 0 Å². The van der Waals surface area contributed by atoms with Gasteiger partial charge in [0.2, 0.25) is 0 Å². The molecule has 1 aliphatic carbocycles. The van der Waals surface area contributed by atoms with E-state index in [1.54, 1.807) is 11.3 Å². The van der Waals surface area contributed by atoms with Crippen molar-refractivity contribution in [3.63, 3.8) is 0 Å². The van der Waals surface area contributed by atoms with E-state index in [4.69, 9.17) is 0 Å². The smallest absolute Gasteiger partial charge is 0.256 e. The van der Waals surface area contributed by atoms with E-state index in [-0.39, 0.29) is 11.8 Å². The largest absolute Gasteiger partial charge is 0.352 e. The molecule has 1 aromatic heterocycles. The minimum atomic E-state index is -0.174. The van der Waals surface area contributed by atoms with Crippen LogP contribution in [-0.2, 0) is 19.3 Å². The molecule has 2 aromatic carbocycles. The van der Waals surface area contributed by atoms with Crippen LogP contribution in [0.3, 0.4) is 0 Å². The molecule has 154 valence electrons. The maximum Gasteiger partial charge on any atom is 0.256 e. The van der Waals surface area contributed by atoms with E-state index >= 15 is 0 Å². The Hall–Kier alpha value is -2.92. The zero-order valence-corrected chi connectivity index (χ0v) is 18.0. The maximum absolute atomic E-state index is 13.1. The molecule has 5 heteroatoms. The second kappa shape index (κ2) is 9.26.